The highest BCUT2D eigenvalue weighted by atomic mass is 16.5. The van der Waals surface area contributed by atoms with Crippen molar-refractivity contribution in [3.05, 3.63) is 76.5 Å². The predicted octanol–water partition coefficient (Wildman–Crippen LogP) is 2.86. The maximum atomic E-state index is 11.0. The van der Waals surface area contributed by atoms with Crippen molar-refractivity contribution in [3.63, 3.8) is 0 Å². The molecule has 5 N–H and O–H groups in total. The fraction of sp³-hybridized carbons (Fsp3) is 0.261. The van der Waals surface area contributed by atoms with Gasteiger partial charge in [-0.25, -0.2) is 5.48 Å². The van der Waals surface area contributed by atoms with Crippen LogP contribution >= 0.6 is 0 Å². The molecule has 0 spiro atoms. The third-order valence-corrected chi connectivity index (χ3v) is 5.04. The third-order valence-electron chi connectivity index (χ3n) is 5.04. The van der Waals surface area contributed by atoms with Gasteiger partial charge in [0.05, 0.1) is 0 Å². The molecule has 0 unspecified atom stereocenters. The molecule has 0 aliphatic rings. The van der Waals surface area contributed by atoms with Crippen molar-refractivity contribution in [2.75, 3.05) is 13.2 Å². The molecule has 152 valence electrons. The van der Waals surface area contributed by atoms with Crippen molar-refractivity contribution >= 4 is 22.9 Å². The van der Waals surface area contributed by atoms with Gasteiger partial charge in [-0.15, -0.1) is 0 Å². The Morgan fingerprint density at radius 1 is 1.14 bits per heavy atom. The van der Waals surface area contributed by atoms with Crippen molar-refractivity contribution in [1.29, 1.82) is 0 Å². The summed E-state index contributed by atoms with van der Waals surface area (Å²) in [7, 11) is 0. The molecule has 0 aliphatic carbocycles. The number of aromatic amines is 1. The number of aromatic nitrogens is 1. The van der Waals surface area contributed by atoms with Crippen molar-refractivity contribution < 1.29 is 15.1 Å². The topological polar surface area (TPSA) is 97.4 Å². The number of aliphatic hydroxyl groups excluding tert-OH is 1. The highest BCUT2D eigenvalue weighted by Crippen LogP contribution is 2.26. The molecule has 29 heavy (non-hydrogen) atoms. The average Bonchev–Trinajstić information content (AvgIpc) is 3.06. The lowest BCUT2D eigenvalue weighted by Crippen LogP contribution is -2.16. The fourth-order valence-electron chi connectivity index (χ4n) is 3.54. The molecule has 0 atom stereocenters. The summed E-state index contributed by atoms with van der Waals surface area (Å²) in [6.45, 7) is 3.88. The predicted molar refractivity (Wildman–Crippen MR) is 115 cm³/mol. The monoisotopic (exact) mass is 393 g/mol. The third kappa shape index (κ3) is 5.32. The van der Waals surface area contributed by atoms with Gasteiger partial charge in [-0.05, 0) is 54.3 Å². The number of aliphatic hydroxyl groups is 1. The first kappa shape index (κ1) is 20.8. The molecule has 3 aromatic rings. The molecule has 1 aromatic heterocycles. The van der Waals surface area contributed by atoms with E-state index in [0.717, 1.165) is 41.8 Å². The summed E-state index contributed by atoms with van der Waals surface area (Å²) >= 11 is 0. The van der Waals surface area contributed by atoms with Crippen LogP contribution in [0.25, 0.3) is 17.0 Å². The number of hydrogen-bond acceptors (Lipinski definition) is 4. The number of rotatable bonds is 9. The molecule has 3 rings (SSSR count). The Balaban J connectivity index is 1.55. The SMILES string of the molecule is Cc1c(CCO)[nH]c2cccc(CCNCc3ccc(/C=C/C(=O)NO)cc3)c12. The summed E-state index contributed by atoms with van der Waals surface area (Å²) in [5.74, 6) is -0.549. The van der Waals surface area contributed by atoms with Crippen LogP contribution in [0.1, 0.15) is 27.9 Å². The van der Waals surface area contributed by atoms with Gasteiger partial charge in [-0.1, -0.05) is 36.4 Å². The van der Waals surface area contributed by atoms with Gasteiger partial charge >= 0.3 is 0 Å². The summed E-state index contributed by atoms with van der Waals surface area (Å²) in [4.78, 5) is 14.4. The molecular formula is C23H27N3O3. The zero-order valence-electron chi connectivity index (χ0n) is 16.5. The van der Waals surface area contributed by atoms with Gasteiger partial charge in [0.1, 0.15) is 0 Å². The van der Waals surface area contributed by atoms with E-state index >= 15 is 0 Å². The van der Waals surface area contributed by atoms with E-state index < -0.39 is 5.91 Å². The van der Waals surface area contributed by atoms with E-state index in [0.29, 0.717) is 6.42 Å². The minimum atomic E-state index is -0.549. The minimum absolute atomic E-state index is 0.147. The first-order chi connectivity index (χ1) is 14.1. The lowest BCUT2D eigenvalue weighted by molar-refractivity contribution is -0.124. The Morgan fingerprint density at radius 2 is 1.93 bits per heavy atom. The highest BCUT2D eigenvalue weighted by Gasteiger charge is 2.10. The molecular weight excluding hydrogens is 366 g/mol. The van der Waals surface area contributed by atoms with Crippen molar-refractivity contribution in [3.8, 4) is 0 Å². The van der Waals surface area contributed by atoms with Crippen LogP contribution in [0.2, 0.25) is 0 Å². The Morgan fingerprint density at radius 3 is 2.66 bits per heavy atom. The van der Waals surface area contributed by atoms with Gasteiger partial charge in [0.15, 0.2) is 0 Å². The second-order valence-electron chi connectivity index (χ2n) is 7.02. The number of H-pyrrole nitrogens is 1. The smallest absolute Gasteiger partial charge is 0.267 e. The maximum absolute atomic E-state index is 11.0. The number of carbonyl (C=O) groups excluding carboxylic acids is 1. The standard InChI is InChI=1S/C23H27N3O3/c1-16-20(12-14-27)25-21-4-2-3-19(23(16)21)11-13-24-15-18-7-5-17(6-8-18)9-10-22(28)26-29/h2-10,24-25,27,29H,11-15H2,1H3,(H,26,28)/b10-9+. The van der Waals surface area contributed by atoms with Crippen LogP contribution in [-0.4, -0.2) is 34.4 Å². The summed E-state index contributed by atoms with van der Waals surface area (Å²) in [5, 5.41) is 22.5. The van der Waals surface area contributed by atoms with E-state index in [4.69, 9.17) is 5.21 Å². The summed E-state index contributed by atoms with van der Waals surface area (Å²) in [6, 6.07) is 14.2. The zero-order chi connectivity index (χ0) is 20.6. The van der Waals surface area contributed by atoms with E-state index in [2.05, 4.69) is 35.4 Å². The first-order valence-corrected chi connectivity index (χ1v) is 9.74. The molecule has 0 fully saturated rings. The zero-order valence-corrected chi connectivity index (χ0v) is 16.5. The Labute approximate surface area is 170 Å². The Kier molecular flexibility index (Phi) is 7.19. The second-order valence-corrected chi connectivity index (χ2v) is 7.02. The highest BCUT2D eigenvalue weighted by molar-refractivity contribution is 5.90. The number of aryl methyl sites for hydroxylation is 1. The number of benzene rings is 2. The van der Waals surface area contributed by atoms with Crippen LogP contribution in [0.4, 0.5) is 0 Å². The van der Waals surface area contributed by atoms with Gasteiger partial charge in [0.25, 0.3) is 5.91 Å². The molecule has 0 aliphatic heterocycles. The number of nitrogens with one attached hydrogen (secondary N) is 3. The number of hydrogen-bond donors (Lipinski definition) is 5. The molecule has 1 amide bonds. The molecule has 0 bridgehead atoms. The van der Waals surface area contributed by atoms with Crippen LogP contribution in [-0.2, 0) is 24.2 Å². The normalized spacial score (nSPS) is 11.4. The van der Waals surface area contributed by atoms with Crippen LogP contribution in [0.15, 0.2) is 48.5 Å². The quantitative estimate of drug-likeness (QED) is 0.167. The molecule has 6 nitrogen and oxygen atoms in total. The van der Waals surface area contributed by atoms with E-state index in [1.807, 2.05) is 24.3 Å². The summed E-state index contributed by atoms with van der Waals surface area (Å²) in [6.07, 6.45) is 4.50. The van der Waals surface area contributed by atoms with E-state index in [1.165, 1.54) is 22.6 Å². The lowest BCUT2D eigenvalue weighted by atomic mass is 10.0. The van der Waals surface area contributed by atoms with Crippen LogP contribution in [0.5, 0.6) is 0 Å². The van der Waals surface area contributed by atoms with E-state index in [9.17, 15) is 9.90 Å². The van der Waals surface area contributed by atoms with Gasteiger partial charge in [-0.2, -0.15) is 0 Å². The van der Waals surface area contributed by atoms with Gasteiger partial charge in [0.2, 0.25) is 0 Å². The molecule has 0 radical (unpaired) electrons. The maximum Gasteiger partial charge on any atom is 0.267 e. The number of amides is 1. The molecule has 6 heteroatoms. The van der Waals surface area contributed by atoms with Gasteiger partial charge in [0, 0.05) is 42.2 Å². The summed E-state index contributed by atoms with van der Waals surface area (Å²) in [5.41, 5.74) is 8.38. The number of fused-ring (bicyclic) bond motifs is 1. The fourth-order valence-corrected chi connectivity index (χ4v) is 3.54. The molecule has 0 saturated carbocycles. The van der Waals surface area contributed by atoms with E-state index in [-0.39, 0.29) is 6.61 Å². The summed E-state index contributed by atoms with van der Waals surface area (Å²) < 4.78 is 0. The lowest BCUT2D eigenvalue weighted by Gasteiger charge is -2.08. The number of carbonyl (C=O) groups is 1. The average molecular weight is 393 g/mol. The minimum Gasteiger partial charge on any atom is -0.396 e. The van der Waals surface area contributed by atoms with Crippen molar-refractivity contribution in [1.82, 2.24) is 15.8 Å². The number of hydroxylamine groups is 1. The second kappa shape index (κ2) is 10.0. The van der Waals surface area contributed by atoms with Crippen LogP contribution in [0, 0.1) is 6.92 Å². The largest absolute Gasteiger partial charge is 0.396 e. The van der Waals surface area contributed by atoms with Crippen molar-refractivity contribution in [2.24, 2.45) is 0 Å². The molecule has 1 heterocycles. The van der Waals surface area contributed by atoms with E-state index in [1.54, 1.807) is 11.6 Å². The first-order valence-electron chi connectivity index (χ1n) is 9.74. The van der Waals surface area contributed by atoms with Crippen LogP contribution < -0.4 is 10.8 Å². The molecule has 2 aromatic carbocycles. The Hall–Kier alpha value is -2.93. The van der Waals surface area contributed by atoms with Crippen molar-refractivity contribution in [2.45, 2.75) is 26.3 Å². The van der Waals surface area contributed by atoms with Gasteiger partial charge in [-0.3, -0.25) is 10.0 Å². The molecule has 0 saturated heterocycles. The van der Waals surface area contributed by atoms with Crippen LogP contribution in [0.3, 0.4) is 0 Å². The van der Waals surface area contributed by atoms with Gasteiger partial charge < -0.3 is 15.4 Å². The Bertz CT molecular complexity index is 991.